The normalized spacial score (nSPS) is 26.4. The number of thiophene rings is 1. The van der Waals surface area contributed by atoms with Crippen molar-refractivity contribution in [3.8, 4) is 0 Å². The van der Waals surface area contributed by atoms with E-state index in [9.17, 15) is 8.42 Å². The molecule has 0 aromatic carbocycles. The molecule has 1 aromatic heterocycles. The Labute approximate surface area is 91.1 Å². The Balaban J connectivity index is 2.16. The average Bonchev–Trinajstić information content (AvgIpc) is 2.61. The Kier molecular flexibility index (Phi) is 2.57. The van der Waals surface area contributed by atoms with E-state index in [1.807, 2.05) is 0 Å². The maximum Gasteiger partial charge on any atom is 0.250 e. The lowest BCUT2D eigenvalue weighted by Gasteiger charge is -2.01. The van der Waals surface area contributed by atoms with Gasteiger partial charge in [-0.25, -0.2) is 13.1 Å². The number of halogens is 1. The first-order valence-corrected chi connectivity index (χ1v) is 6.70. The molecule has 1 aliphatic rings. The smallest absolute Gasteiger partial charge is 0.250 e. The summed E-state index contributed by atoms with van der Waals surface area (Å²) in [5.74, 6) is 0. The molecule has 78 valence electrons. The predicted octanol–water partition coefficient (Wildman–Crippen LogP) is 0.779. The molecule has 4 nitrogen and oxygen atoms in total. The van der Waals surface area contributed by atoms with E-state index in [0.717, 1.165) is 11.3 Å². The van der Waals surface area contributed by atoms with Gasteiger partial charge in [0.2, 0.25) is 10.0 Å². The minimum absolute atomic E-state index is 0.0415. The van der Waals surface area contributed by atoms with E-state index in [4.69, 9.17) is 17.3 Å². The number of sulfonamides is 1. The minimum Gasteiger partial charge on any atom is -0.326 e. The zero-order valence-electron chi connectivity index (χ0n) is 7.10. The summed E-state index contributed by atoms with van der Waals surface area (Å²) in [5.41, 5.74) is 5.51. The van der Waals surface area contributed by atoms with E-state index in [1.165, 1.54) is 6.07 Å². The highest BCUT2D eigenvalue weighted by molar-refractivity contribution is 7.91. The second-order valence-electron chi connectivity index (χ2n) is 3.19. The van der Waals surface area contributed by atoms with E-state index < -0.39 is 10.0 Å². The zero-order valence-corrected chi connectivity index (χ0v) is 9.49. The third kappa shape index (κ3) is 2.09. The van der Waals surface area contributed by atoms with Crippen molar-refractivity contribution in [1.29, 1.82) is 0 Å². The van der Waals surface area contributed by atoms with Crippen molar-refractivity contribution in [2.45, 2.75) is 22.7 Å². The topological polar surface area (TPSA) is 72.2 Å². The quantitative estimate of drug-likeness (QED) is 0.835. The summed E-state index contributed by atoms with van der Waals surface area (Å²) >= 11 is 6.69. The van der Waals surface area contributed by atoms with E-state index in [-0.39, 0.29) is 16.3 Å². The minimum atomic E-state index is -3.41. The number of rotatable bonds is 3. The van der Waals surface area contributed by atoms with Gasteiger partial charge < -0.3 is 5.73 Å². The molecule has 1 aliphatic carbocycles. The highest BCUT2D eigenvalue weighted by Gasteiger charge is 2.37. The molecular formula is C7H9ClN2O2S2. The van der Waals surface area contributed by atoms with Crippen molar-refractivity contribution in [1.82, 2.24) is 4.72 Å². The van der Waals surface area contributed by atoms with Crippen molar-refractivity contribution in [2.24, 2.45) is 5.73 Å². The second kappa shape index (κ2) is 3.46. The van der Waals surface area contributed by atoms with Crippen LogP contribution in [0, 0.1) is 0 Å². The van der Waals surface area contributed by atoms with Gasteiger partial charge in [-0.1, -0.05) is 11.6 Å². The lowest BCUT2D eigenvalue weighted by Crippen LogP contribution is -2.29. The van der Waals surface area contributed by atoms with Gasteiger partial charge in [0.25, 0.3) is 0 Å². The van der Waals surface area contributed by atoms with Crippen LogP contribution in [0.2, 0.25) is 4.34 Å². The summed E-state index contributed by atoms with van der Waals surface area (Å²) in [7, 11) is -3.41. The lowest BCUT2D eigenvalue weighted by molar-refractivity contribution is 0.582. The third-order valence-corrected chi connectivity index (χ3v) is 5.17. The Morgan fingerprint density at radius 1 is 1.57 bits per heavy atom. The van der Waals surface area contributed by atoms with E-state index in [2.05, 4.69) is 4.72 Å². The fraction of sp³-hybridized carbons (Fsp3) is 0.429. The first-order chi connectivity index (χ1) is 6.49. The molecule has 1 fully saturated rings. The van der Waals surface area contributed by atoms with E-state index in [0.29, 0.717) is 10.8 Å². The second-order valence-corrected chi connectivity index (χ2v) is 6.84. The number of hydrogen-bond acceptors (Lipinski definition) is 4. The molecule has 14 heavy (non-hydrogen) atoms. The zero-order chi connectivity index (χ0) is 10.3. The molecule has 0 radical (unpaired) electrons. The van der Waals surface area contributed by atoms with Crippen LogP contribution >= 0.6 is 22.9 Å². The molecule has 0 aliphatic heterocycles. The summed E-state index contributed by atoms with van der Waals surface area (Å²) in [4.78, 5) is 0. The Morgan fingerprint density at radius 3 is 2.64 bits per heavy atom. The van der Waals surface area contributed by atoms with Crippen LogP contribution in [0.3, 0.4) is 0 Å². The van der Waals surface area contributed by atoms with Crippen molar-refractivity contribution in [3.05, 3.63) is 16.5 Å². The first-order valence-electron chi connectivity index (χ1n) is 4.02. The van der Waals surface area contributed by atoms with Crippen LogP contribution in [0.1, 0.15) is 6.42 Å². The van der Waals surface area contributed by atoms with Crippen molar-refractivity contribution in [3.63, 3.8) is 0 Å². The van der Waals surface area contributed by atoms with Gasteiger partial charge in [-0.15, -0.1) is 11.3 Å². The van der Waals surface area contributed by atoms with Crippen LogP contribution < -0.4 is 10.5 Å². The number of nitrogens with two attached hydrogens (primary N) is 1. The summed E-state index contributed by atoms with van der Waals surface area (Å²) in [6, 6.07) is 2.90. The Bertz CT molecular complexity index is 442. The molecule has 7 heteroatoms. The van der Waals surface area contributed by atoms with Crippen LogP contribution in [-0.2, 0) is 10.0 Å². The molecule has 1 saturated carbocycles. The van der Waals surface area contributed by atoms with Crippen LogP contribution in [0.5, 0.6) is 0 Å². The summed E-state index contributed by atoms with van der Waals surface area (Å²) in [6.07, 6.45) is 0.707. The molecule has 1 aromatic rings. The van der Waals surface area contributed by atoms with Gasteiger partial charge in [-0.3, -0.25) is 0 Å². The summed E-state index contributed by atoms with van der Waals surface area (Å²) < 4.78 is 26.5. The Morgan fingerprint density at radius 2 is 2.21 bits per heavy atom. The van der Waals surface area contributed by atoms with Crippen LogP contribution in [0.25, 0.3) is 0 Å². The first kappa shape index (κ1) is 10.4. The molecule has 2 rings (SSSR count). The van der Waals surface area contributed by atoms with Gasteiger partial charge in [0.05, 0.1) is 4.34 Å². The van der Waals surface area contributed by atoms with Gasteiger partial charge in [0, 0.05) is 12.1 Å². The molecule has 3 N–H and O–H groups in total. The fourth-order valence-electron chi connectivity index (χ4n) is 1.05. The predicted molar refractivity (Wildman–Crippen MR) is 56.0 cm³/mol. The van der Waals surface area contributed by atoms with E-state index >= 15 is 0 Å². The molecule has 0 bridgehead atoms. The van der Waals surface area contributed by atoms with Crippen LogP contribution in [0.4, 0.5) is 0 Å². The highest BCUT2D eigenvalue weighted by Crippen LogP contribution is 2.27. The molecule has 0 amide bonds. The molecule has 0 saturated heterocycles. The van der Waals surface area contributed by atoms with Gasteiger partial charge in [0.1, 0.15) is 4.21 Å². The molecular weight excluding hydrogens is 244 g/mol. The monoisotopic (exact) mass is 252 g/mol. The van der Waals surface area contributed by atoms with Gasteiger partial charge in [-0.2, -0.15) is 0 Å². The van der Waals surface area contributed by atoms with Gasteiger partial charge in [0.15, 0.2) is 0 Å². The Hall–Kier alpha value is -0.140. The molecule has 0 spiro atoms. The standard InChI is InChI=1S/C7H9ClN2O2S2/c8-6-1-2-7(13-6)14(11,12)10-5-3-4(5)9/h1-2,4-5,10H,3,9H2. The molecule has 2 unspecified atom stereocenters. The SMILES string of the molecule is NC1CC1NS(=O)(=O)c1ccc(Cl)s1. The average molecular weight is 253 g/mol. The van der Waals surface area contributed by atoms with Crippen LogP contribution in [0.15, 0.2) is 16.3 Å². The lowest BCUT2D eigenvalue weighted by atomic mass is 10.7. The maximum absolute atomic E-state index is 11.6. The molecule has 2 atom stereocenters. The van der Waals surface area contributed by atoms with E-state index in [1.54, 1.807) is 6.07 Å². The largest absolute Gasteiger partial charge is 0.326 e. The summed E-state index contributed by atoms with van der Waals surface area (Å²) in [5, 5.41) is 0. The van der Waals surface area contributed by atoms with Crippen molar-refractivity contribution in [2.75, 3.05) is 0 Å². The van der Waals surface area contributed by atoms with Gasteiger partial charge in [-0.05, 0) is 18.6 Å². The van der Waals surface area contributed by atoms with Crippen LogP contribution in [-0.4, -0.2) is 20.5 Å². The highest BCUT2D eigenvalue weighted by atomic mass is 35.5. The molecule has 1 heterocycles. The summed E-state index contributed by atoms with van der Waals surface area (Å²) in [6.45, 7) is 0. The fourth-order valence-corrected chi connectivity index (χ4v) is 3.85. The number of hydrogen-bond donors (Lipinski definition) is 2. The van der Waals surface area contributed by atoms with Crippen molar-refractivity contribution >= 4 is 33.0 Å². The maximum atomic E-state index is 11.6. The number of nitrogens with one attached hydrogen (secondary N) is 1. The van der Waals surface area contributed by atoms with Gasteiger partial charge >= 0.3 is 0 Å². The third-order valence-electron chi connectivity index (χ3n) is 1.96. The van der Waals surface area contributed by atoms with Crippen molar-refractivity contribution < 1.29 is 8.42 Å².